The molecule has 4 heteroatoms. The Balaban J connectivity index is 1.99. The number of nitrogens with two attached hydrogens (primary N) is 1. The number of para-hydroxylation sites is 1. The number of pyridine rings is 1. The summed E-state index contributed by atoms with van der Waals surface area (Å²) in [6.45, 7) is 0. The van der Waals surface area contributed by atoms with E-state index in [-0.39, 0.29) is 6.04 Å². The summed E-state index contributed by atoms with van der Waals surface area (Å²) >= 11 is 0. The van der Waals surface area contributed by atoms with E-state index in [2.05, 4.69) is 11.1 Å². The Morgan fingerprint density at radius 2 is 1.68 bits per heavy atom. The molecule has 4 nitrogen and oxygen atoms in total. The zero-order valence-corrected chi connectivity index (χ0v) is 12.6. The number of benzene rings is 2. The number of ether oxygens (including phenoxy) is 2. The summed E-state index contributed by atoms with van der Waals surface area (Å²) in [7, 11) is 3.23. The molecule has 0 spiro atoms. The molecule has 1 unspecified atom stereocenters. The first-order valence-corrected chi connectivity index (χ1v) is 7.05. The van der Waals surface area contributed by atoms with Gasteiger partial charge in [-0.25, -0.2) is 0 Å². The number of aromatic nitrogens is 1. The van der Waals surface area contributed by atoms with E-state index >= 15 is 0 Å². The highest BCUT2D eigenvalue weighted by molar-refractivity contribution is 5.79. The molecule has 1 atom stereocenters. The fraction of sp³-hybridized carbons (Fsp3) is 0.167. The molecule has 22 heavy (non-hydrogen) atoms. The molecule has 0 aliphatic heterocycles. The molecule has 0 radical (unpaired) electrons. The number of methoxy groups -OCH3 is 2. The maximum atomic E-state index is 6.39. The minimum Gasteiger partial charge on any atom is -0.493 e. The second-order valence-electron chi connectivity index (χ2n) is 5.05. The smallest absolute Gasteiger partial charge is 0.161 e. The summed E-state index contributed by atoms with van der Waals surface area (Å²) in [6.07, 6.45) is 1.82. The van der Waals surface area contributed by atoms with Crippen LogP contribution >= 0.6 is 0 Å². The first-order valence-electron chi connectivity index (χ1n) is 7.05. The molecule has 0 aliphatic rings. The fourth-order valence-corrected chi connectivity index (χ4v) is 2.50. The first kappa shape index (κ1) is 14.4. The Morgan fingerprint density at radius 1 is 0.909 bits per heavy atom. The molecular weight excluding hydrogens is 276 g/mol. The lowest BCUT2D eigenvalue weighted by molar-refractivity contribution is 0.354. The Bertz CT molecular complexity index is 802. The predicted molar refractivity (Wildman–Crippen MR) is 87.3 cm³/mol. The van der Waals surface area contributed by atoms with Crippen LogP contribution in [0.25, 0.3) is 10.9 Å². The summed E-state index contributed by atoms with van der Waals surface area (Å²) in [5.41, 5.74) is 9.27. The first-order chi connectivity index (χ1) is 10.7. The van der Waals surface area contributed by atoms with E-state index in [0.29, 0.717) is 11.5 Å². The lowest BCUT2D eigenvalue weighted by atomic mass is 9.99. The van der Waals surface area contributed by atoms with Crippen LogP contribution in [0.3, 0.4) is 0 Å². The third kappa shape index (κ3) is 2.61. The predicted octanol–water partition coefficient (Wildman–Crippen LogP) is 3.30. The molecule has 3 aromatic rings. The molecule has 0 saturated carbocycles. The van der Waals surface area contributed by atoms with E-state index in [1.54, 1.807) is 14.2 Å². The summed E-state index contributed by atoms with van der Waals surface area (Å²) in [6, 6.07) is 15.5. The van der Waals surface area contributed by atoms with Gasteiger partial charge in [0.05, 0.1) is 25.8 Å². The van der Waals surface area contributed by atoms with E-state index in [4.69, 9.17) is 15.2 Å². The van der Waals surface area contributed by atoms with Gasteiger partial charge in [0.15, 0.2) is 11.5 Å². The van der Waals surface area contributed by atoms with Gasteiger partial charge in [-0.05, 0) is 35.4 Å². The van der Waals surface area contributed by atoms with E-state index in [9.17, 15) is 0 Å². The second-order valence-corrected chi connectivity index (χ2v) is 5.05. The largest absolute Gasteiger partial charge is 0.493 e. The van der Waals surface area contributed by atoms with Gasteiger partial charge >= 0.3 is 0 Å². The standard InChI is InChI=1S/C18H18N2O2/c1-21-16-8-7-13(10-17(16)22-2)18(19)14-9-12-5-3-4-6-15(12)20-11-14/h3-11,18H,19H2,1-2H3. The zero-order chi connectivity index (χ0) is 15.5. The Kier molecular flexibility index (Phi) is 3.94. The SMILES string of the molecule is COc1ccc(C(N)c2cnc3ccccc3c2)cc1OC. The summed E-state index contributed by atoms with van der Waals surface area (Å²) < 4.78 is 10.6. The van der Waals surface area contributed by atoms with Gasteiger partial charge in [0.1, 0.15) is 0 Å². The van der Waals surface area contributed by atoms with Crippen LogP contribution in [0.1, 0.15) is 17.2 Å². The quantitative estimate of drug-likeness (QED) is 0.802. The van der Waals surface area contributed by atoms with Crippen molar-refractivity contribution >= 4 is 10.9 Å². The Morgan fingerprint density at radius 3 is 2.45 bits per heavy atom. The number of fused-ring (bicyclic) bond motifs is 1. The van der Waals surface area contributed by atoms with Crippen LogP contribution in [0.15, 0.2) is 54.7 Å². The van der Waals surface area contributed by atoms with Crippen molar-refractivity contribution in [2.24, 2.45) is 5.73 Å². The van der Waals surface area contributed by atoms with Gasteiger partial charge in [0, 0.05) is 11.6 Å². The van der Waals surface area contributed by atoms with Gasteiger partial charge in [-0.1, -0.05) is 24.3 Å². The van der Waals surface area contributed by atoms with Crippen LogP contribution in [-0.2, 0) is 0 Å². The second kappa shape index (κ2) is 6.03. The lowest BCUT2D eigenvalue weighted by Gasteiger charge is -2.15. The summed E-state index contributed by atoms with van der Waals surface area (Å²) in [4.78, 5) is 4.47. The fourth-order valence-electron chi connectivity index (χ4n) is 2.50. The zero-order valence-electron chi connectivity index (χ0n) is 12.6. The van der Waals surface area contributed by atoms with Crippen molar-refractivity contribution in [1.29, 1.82) is 0 Å². The minimum atomic E-state index is -0.267. The highest BCUT2D eigenvalue weighted by atomic mass is 16.5. The summed E-state index contributed by atoms with van der Waals surface area (Å²) in [5, 5.41) is 1.08. The number of nitrogens with zero attached hydrogens (tertiary/aromatic N) is 1. The maximum absolute atomic E-state index is 6.39. The number of hydrogen-bond acceptors (Lipinski definition) is 4. The number of rotatable bonds is 4. The third-order valence-electron chi connectivity index (χ3n) is 3.74. The lowest BCUT2D eigenvalue weighted by Crippen LogP contribution is -2.12. The van der Waals surface area contributed by atoms with E-state index in [1.165, 1.54) is 0 Å². The maximum Gasteiger partial charge on any atom is 0.161 e. The molecule has 2 N–H and O–H groups in total. The van der Waals surface area contributed by atoms with Gasteiger partial charge in [-0.3, -0.25) is 4.98 Å². The van der Waals surface area contributed by atoms with Crippen LogP contribution < -0.4 is 15.2 Å². The van der Waals surface area contributed by atoms with Crippen molar-refractivity contribution in [3.8, 4) is 11.5 Å². The third-order valence-corrected chi connectivity index (χ3v) is 3.74. The highest BCUT2D eigenvalue weighted by Crippen LogP contribution is 2.31. The molecular formula is C18H18N2O2. The van der Waals surface area contributed by atoms with E-state index < -0.39 is 0 Å². The average Bonchev–Trinajstić information content (AvgIpc) is 2.60. The molecule has 0 amide bonds. The molecule has 0 saturated heterocycles. The molecule has 0 aliphatic carbocycles. The van der Waals surface area contributed by atoms with Gasteiger partial charge in [0.25, 0.3) is 0 Å². The normalized spacial score (nSPS) is 12.1. The van der Waals surface area contributed by atoms with Crippen molar-refractivity contribution in [1.82, 2.24) is 4.98 Å². The van der Waals surface area contributed by atoms with Crippen LogP contribution in [-0.4, -0.2) is 19.2 Å². The topological polar surface area (TPSA) is 57.4 Å². The minimum absolute atomic E-state index is 0.267. The van der Waals surface area contributed by atoms with Crippen LogP contribution in [0.4, 0.5) is 0 Å². The molecule has 1 heterocycles. The average molecular weight is 294 g/mol. The van der Waals surface area contributed by atoms with Crippen molar-refractivity contribution in [3.63, 3.8) is 0 Å². The van der Waals surface area contributed by atoms with Gasteiger partial charge in [0.2, 0.25) is 0 Å². The van der Waals surface area contributed by atoms with Gasteiger partial charge in [-0.2, -0.15) is 0 Å². The molecule has 1 aromatic heterocycles. The van der Waals surface area contributed by atoms with E-state index in [0.717, 1.165) is 22.0 Å². The highest BCUT2D eigenvalue weighted by Gasteiger charge is 2.13. The Labute approximate surface area is 129 Å². The van der Waals surface area contributed by atoms with Crippen LogP contribution in [0.2, 0.25) is 0 Å². The Hall–Kier alpha value is -2.59. The van der Waals surface area contributed by atoms with Crippen molar-refractivity contribution in [2.45, 2.75) is 6.04 Å². The summed E-state index contributed by atoms with van der Waals surface area (Å²) in [5.74, 6) is 1.36. The van der Waals surface area contributed by atoms with Crippen molar-refractivity contribution in [3.05, 3.63) is 65.9 Å². The van der Waals surface area contributed by atoms with Crippen molar-refractivity contribution in [2.75, 3.05) is 14.2 Å². The molecule has 0 bridgehead atoms. The van der Waals surface area contributed by atoms with Gasteiger partial charge < -0.3 is 15.2 Å². The van der Waals surface area contributed by atoms with Crippen molar-refractivity contribution < 1.29 is 9.47 Å². The van der Waals surface area contributed by atoms with Crippen LogP contribution in [0.5, 0.6) is 11.5 Å². The van der Waals surface area contributed by atoms with Gasteiger partial charge in [-0.15, -0.1) is 0 Å². The molecule has 2 aromatic carbocycles. The van der Waals surface area contributed by atoms with E-state index in [1.807, 2.05) is 48.7 Å². The number of hydrogen-bond donors (Lipinski definition) is 1. The van der Waals surface area contributed by atoms with Crippen LogP contribution in [0, 0.1) is 0 Å². The molecule has 112 valence electrons. The monoisotopic (exact) mass is 294 g/mol. The molecule has 0 fully saturated rings. The molecule has 3 rings (SSSR count).